The minimum Gasteiger partial charge on any atom is -0.372 e. The van der Waals surface area contributed by atoms with E-state index in [1.54, 1.807) is 0 Å². The molecule has 98 valence electrons. The van der Waals surface area contributed by atoms with Crippen molar-refractivity contribution in [2.75, 3.05) is 12.4 Å². The zero-order valence-corrected chi connectivity index (χ0v) is 12.7. The van der Waals surface area contributed by atoms with Crippen molar-refractivity contribution in [2.45, 2.75) is 25.7 Å². The fraction of sp³-hybridized carbons (Fsp3) is 0.333. The molecule has 1 aliphatic carbocycles. The largest absolute Gasteiger partial charge is 0.372 e. The molecule has 0 unspecified atom stereocenters. The Hall–Kier alpha value is -1.42. The van der Waals surface area contributed by atoms with Crippen molar-refractivity contribution in [3.8, 4) is 11.4 Å². The number of nitrogens with one attached hydrogen (secondary N) is 1. The monoisotopic (exact) mass is 317 g/mol. The number of hydrogen-bond acceptors (Lipinski definition) is 3. The normalized spacial score (nSPS) is 14.5. The SMILES string of the molecule is CNc1nc(-c2ccccc2C)nc(C2CC2)c1Br. The highest BCUT2D eigenvalue weighted by Gasteiger charge is 2.29. The summed E-state index contributed by atoms with van der Waals surface area (Å²) in [5.74, 6) is 2.27. The van der Waals surface area contributed by atoms with Crippen LogP contribution in [0.2, 0.25) is 0 Å². The maximum absolute atomic E-state index is 4.78. The fourth-order valence-electron chi connectivity index (χ4n) is 2.20. The molecule has 3 rings (SSSR count). The first-order valence-electron chi connectivity index (χ1n) is 6.52. The quantitative estimate of drug-likeness (QED) is 0.924. The van der Waals surface area contributed by atoms with Gasteiger partial charge >= 0.3 is 0 Å². The van der Waals surface area contributed by atoms with Gasteiger partial charge in [-0.1, -0.05) is 24.3 Å². The van der Waals surface area contributed by atoms with E-state index < -0.39 is 0 Å². The summed E-state index contributed by atoms with van der Waals surface area (Å²) in [4.78, 5) is 9.40. The third-order valence-electron chi connectivity index (χ3n) is 3.46. The van der Waals surface area contributed by atoms with Crippen molar-refractivity contribution in [1.29, 1.82) is 0 Å². The lowest BCUT2D eigenvalue weighted by molar-refractivity contribution is 0.979. The molecule has 4 heteroatoms. The van der Waals surface area contributed by atoms with E-state index in [1.807, 2.05) is 19.2 Å². The van der Waals surface area contributed by atoms with Crippen molar-refractivity contribution >= 4 is 21.7 Å². The van der Waals surface area contributed by atoms with Crippen molar-refractivity contribution < 1.29 is 0 Å². The maximum atomic E-state index is 4.78. The van der Waals surface area contributed by atoms with Gasteiger partial charge in [0.25, 0.3) is 0 Å². The molecule has 3 nitrogen and oxygen atoms in total. The first kappa shape index (κ1) is 12.6. The molecule has 0 spiro atoms. The zero-order valence-electron chi connectivity index (χ0n) is 11.1. The highest BCUT2D eigenvalue weighted by Crippen LogP contribution is 2.44. The third-order valence-corrected chi connectivity index (χ3v) is 4.25. The second-order valence-corrected chi connectivity index (χ2v) is 5.73. The van der Waals surface area contributed by atoms with Crippen LogP contribution in [-0.2, 0) is 0 Å². The molecule has 1 fully saturated rings. The van der Waals surface area contributed by atoms with Crippen LogP contribution in [0.3, 0.4) is 0 Å². The third kappa shape index (κ3) is 2.37. The molecule has 1 aromatic carbocycles. The second kappa shape index (κ2) is 4.93. The van der Waals surface area contributed by atoms with Gasteiger partial charge < -0.3 is 5.32 Å². The second-order valence-electron chi connectivity index (χ2n) is 4.93. The standard InChI is InChI=1S/C15H16BrN3/c1-9-5-3-4-6-11(9)14-18-13(10-7-8-10)12(16)15(17-2)19-14/h3-6,10H,7-8H2,1-2H3,(H,17,18,19). The Kier molecular flexibility index (Phi) is 3.27. The van der Waals surface area contributed by atoms with Gasteiger partial charge in [-0.05, 0) is 41.3 Å². The Morgan fingerprint density at radius 3 is 2.58 bits per heavy atom. The van der Waals surface area contributed by atoms with Crippen molar-refractivity contribution in [3.05, 3.63) is 40.0 Å². The van der Waals surface area contributed by atoms with Crippen LogP contribution in [0.15, 0.2) is 28.7 Å². The van der Waals surface area contributed by atoms with Crippen LogP contribution in [0.1, 0.15) is 30.0 Å². The van der Waals surface area contributed by atoms with E-state index in [4.69, 9.17) is 4.98 Å². The van der Waals surface area contributed by atoms with Gasteiger partial charge in [-0.15, -0.1) is 0 Å². The average Bonchev–Trinajstić information content (AvgIpc) is 3.24. The van der Waals surface area contributed by atoms with E-state index in [9.17, 15) is 0 Å². The average molecular weight is 318 g/mol. The smallest absolute Gasteiger partial charge is 0.162 e. The molecule has 0 atom stereocenters. The minimum atomic E-state index is 0.590. The molecule has 1 saturated carbocycles. The van der Waals surface area contributed by atoms with E-state index in [1.165, 1.54) is 18.4 Å². The van der Waals surface area contributed by atoms with E-state index in [0.29, 0.717) is 5.92 Å². The van der Waals surface area contributed by atoms with E-state index in [-0.39, 0.29) is 0 Å². The molecule has 0 radical (unpaired) electrons. The van der Waals surface area contributed by atoms with Gasteiger partial charge in [0.15, 0.2) is 5.82 Å². The lowest BCUT2D eigenvalue weighted by Crippen LogP contribution is -2.03. The lowest BCUT2D eigenvalue weighted by Gasteiger charge is -2.12. The summed E-state index contributed by atoms with van der Waals surface area (Å²) in [5.41, 5.74) is 3.44. The number of aromatic nitrogens is 2. The van der Waals surface area contributed by atoms with Crippen LogP contribution < -0.4 is 5.32 Å². The molecule has 0 saturated heterocycles. The molecule has 1 heterocycles. The number of anilines is 1. The van der Waals surface area contributed by atoms with Gasteiger partial charge in [0, 0.05) is 18.5 Å². The molecule has 2 aromatic rings. The molecular weight excluding hydrogens is 302 g/mol. The first-order chi connectivity index (χ1) is 9.20. The zero-order chi connectivity index (χ0) is 13.4. The highest BCUT2D eigenvalue weighted by molar-refractivity contribution is 9.10. The van der Waals surface area contributed by atoms with Crippen LogP contribution in [0.4, 0.5) is 5.82 Å². The van der Waals surface area contributed by atoms with E-state index in [2.05, 4.69) is 45.3 Å². The molecule has 1 aromatic heterocycles. The topological polar surface area (TPSA) is 37.8 Å². The lowest BCUT2D eigenvalue weighted by atomic mass is 10.1. The molecule has 1 aliphatic rings. The van der Waals surface area contributed by atoms with E-state index in [0.717, 1.165) is 27.4 Å². The van der Waals surface area contributed by atoms with Crippen LogP contribution in [0.25, 0.3) is 11.4 Å². The number of rotatable bonds is 3. The molecule has 0 amide bonds. The van der Waals surface area contributed by atoms with Gasteiger partial charge in [0.1, 0.15) is 5.82 Å². The molecule has 0 aliphatic heterocycles. The summed E-state index contributed by atoms with van der Waals surface area (Å²) in [6, 6.07) is 8.24. The summed E-state index contributed by atoms with van der Waals surface area (Å²) in [7, 11) is 1.89. The van der Waals surface area contributed by atoms with Crippen LogP contribution in [0, 0.1) is 6.92 Å². The molecule has 1 N–H and O–H groups in total. The Labute approximate surface area is 121 Å². The van der Waals surface area contributed by atoms with Crippen molar-refractivity contribution in [2.24, 2.45) is 0 Å². The van der Waals surface area contributed by atoms with Crippen LogP contribution in [0.5, 0.6) is 0 Å². The van der Waals surface area contributed by atoms with Crippen LogP contribution in [-0.4, -0.2) is 17.0 Å². The molecular formula is C15H16BrN3. The van der Waals surface area contributed by atoms with Gasteiger partial charge in [-0.25, -0.2) is 9.97 Å². The summed E-state index contributed by atoms with van der Waals surface area (Å²) in [6.45, 7) is 2.09. The Morgan fingerprint density at radius 2 is 1.95 bits per heavy atom. The van der Waals surface area contributed by atoms with Crippen molar-refractivity contribution in [3.63, 3.8) is 0 Å². The number of aryl methyl sites for hydroxylation is 1. The first-order valence-corrected chi connectivity index (χ1v) is 7.31. The number of hydrogen-bond donors (Lipinski definition) is 1. The maximum Gasteiger partial charge on any atom is 0.162 e. The highest BCUT2D eigenvalue weighted by atomic mass is 79.9. The molecule has 19 heavy (non-hydrogen) atoms. The summed E-state index contributed by atoms with van der Waals surface area (Å²) < 4.78 is 1.01. The van der Waals surface area contributed by atoms with Gasteiger partial charge in [0.2, 0.25) is 0 Å². The number of halogens is 1. The van der Waals surface area contributed by atoms with E-state index >= 15 is 0 Å². The predicted octanol–water partition coefficient (Wildman–Crippen LogP) is 4.13. The fourth-order valence-corrected chi connectivity index (χ4v) is 2.90. The summed E-state index contributed by atoms with van der Waals surface area (Å²) in [6.07, 6.45) is 2.46. The Morgan fingerprint density at radius 1 is 1.21 bits per heavy atom. The van der Waals surface area contributed by atoms with Gasteiger partial charge in [-0.3, -0.25) is 0 Å². The minimum absolute atomic E-state index is 0.590. The Bertz CT molecular complexity index is 621. The summed E-state index contributed by atoms with van der Waals surface area (Å²) >= 11 is 3.62. The van der Waals surface area contributed by atoms with Crippen LogP contribution >= 0.6 is 15.9 Å². The number of benzene rings is 1. The number of nitrogens with zero attached hydrogens (tertiary/aromatic N) is 2. The predicted molar refractivity (Wildman–Crippen MR) is 81.4 cm³/mol. The summed E-state index contributed by atoms with van der Waals surface area (Å²) in [5, 5.41) is 3.15. The van der Waals surface area contributed by atoms with Gasteiger partial charge in [-0.2, -0.15) is 0 Å². The Balaban J connectivity index is 2.16. The van der Waals surface area contributed by atoms with Gasteiger partial charge in [0.05, 0.1) is 10.2 Å². The van der Waals surface area contributed by atoms with Crippen molar-refractivity contribution in [1.82, 2.24) is 9.97 Å². The molecule has 0 bridgehead atoms.